The van der Waals surface area contributed by atoms with Crippen LogP contribution in [-0.4, -0.2) is 11.5 Å². The molecule has 0 spiro atoms. The summed E-state index contributed by atoms with van der Waals surface area (Å²) >= 11 is 3.60. The fourth-order valence-corrected chi connectivity index (χ4v) is 4.66. The zero-order chi connectivity index (χ0) is 13.4. The van der Waals surface area contributed by atoms with Gasteiger partial charge in [0.25, 0.3) is 0 Å². The van der Waals surface area contributed by atoms with Crippen LogP contribution in [0.25, 0.3) is 0 Å². The van der Waals surface area contributed by atoms with E-state index in [1.807, 2.05) is 30.8 Å². The highest BCUT2D eigenvalue weighted by Crippen LogP contribution is 2.33. The van der Waals surface area contributed by atoms with Crippen LogP contribution in [0, 0.1) is 6.92 Å². The fourth-order valence-electron chi connectivity index (χ4n) is 2.33. The Hall–Kier alpha value is -1.26. The number of carbonyl (C=O) groups excluding carboxylic acids is 1. The lowest BCUT2D eigenvalue weighted by molar-refractivity contribution is 0.104. The molecule has 1 aliphatic heterocycles. The van der Waals surface area contributed by atoms with Gasteiger partial charge in [0.2, 0.25) is 5.78 Å². The predicted octanol–water partition coefficient (Wildman–Crippen LogP) is 3.66. The molecule has 0 fully saturated rings. The van der Waals surface area contributed by atoms with Crippen molar-refractivity contribution in [3.05, 3.63) is 50.7 Å². The maximum Gasteiger partial charge on any atom is 0.203 e. The summed E-state index contributed by atoms with van der Waals surface area (Å²) in [6.07, 6.45) is 1.10. The molecule has 1 aromatic heterocycles. The summed E-state index contributed by atoms with van der Waals surface area (Å²) in [7, 11) is 0. The summed E-state index contributed by atoms with van der Waals surface area (Å²) in [5.74, 6) is 2.34. The van der Waals surface area contributed by atoms with E-state index in [2.05, 4.69) is 6.07 Å². The van der Waals surface area contributed by atoms with Crippen LogP contribution in [0.2, 0.25) is 0 Å². The van der Waals surface area contributed by atoms with Gasteiger partial charge in [0, 0.05) is 21.9 Å². The molecule has 0 radical (unpaired) electrons. The number of nitrogens with two attached hydrogens (primary N) is 1. The van der Waals surface area contributed by atoms with E-state index in [9.17, 15) is 4.79 Å². The van der Waals surface area contributed by atoms with Gasteiger partial charge in [-0.3, -0.25) is 4.79 Å². The number of hydrogen-bond donors (Lipinski definition) is 1. The van der Waals surface area contributed by atoms with Gasteiger partial charge in [-0.15, -0.1) is 11.3 Å². The molecule has 98 valence electrons. The highest BCUT2D eigenvalue weighted by Gasteiger charge is 2.19. The lowest BCUT2D eigenvalue weighted by Gasteiger charge is -2.08. The van der Waals surface area contributed by atoms with E-state index in [-0.39, 0.29) is 5.78 Å². The van der Waals surface area contributed by atoms with Crippen LogP contribution in [0.5, 0.6) is 0 Å². The normalized spacial score (nSPS) is 14.2. The fraction of sp³-hybridized carbons (Fsp3) is 0.267. The lowest BCUT2D eigenvalue weighted by atomic mass is 10.0. The molecular weight excluding hydrogens is 274 g/mol. The third-order valence-corrected chi connectivity index (χ3v) is 5.59. The number of thiophene rings is 1. The smallest absolute Gasteiger partial charge is 0.203 e. The van der Waals surface area contributed by atoms with Gasteiger partial charge in [0.1, 0.15) is 0 Å². The first-order valence-electron chi connectivity index (χ1n) is 6.25. The highest BCUT2D eigenvalue weighted by atomic mass is 32.2. The molecule has 1 aromatic carbocycles. The summed E-state index contributed by atoms with van der Waals surface area (Å²) in [5.41, 5.74) is 9.50. The van der Waals surface area contributed by atoms with Gasteiger partial charge in [0.15, 0.2) is 0 Å². The van der Waals surface area contributed by atoms with Crippen LogP contribution >= 0.6 is 23.1 Å². The van der Waals surface area contributed by atoms with Crippen molar-refractivity contribution in [2.45, 2.75) is 19.1 Å². The Morgan fingerprint density at radius 2 is 2.16 bits per heavy atom. The molecule has 1 aliphatic rings. The van der Waals surface area contributed by atoms with Crippen LogP contribution < -0.4 is 5.73 Å². The largest absolute Gasteiger partial charge is 0.399 e. The first kappa shape index (κ1) is 12.8. The number of rotatable bonds is 2. The monoisotopic (exact) mass is 289 g/mol. The Labute approximate surface area is 121 Å². The number of thioether (sulfide) groups is 1. The molecule has 0 amide bonds. The Bertz CT molecular complexity index is 622. The quantitative estimate of drug-likeness (QED) is 0.678. The Morgan fingerprint density at radius 3 is 2.89 bits per heavy atom. The SMILES string of the molecule is Cc1cc(N)ccc1C(=O)c1cc2c(s1)CCSC2. The molecule has 4 heteroatoms. The van der Waals surface area contributed by atoms with Crippen molar-refractivity contribution in [3.8, 4) is 0 Å². The Balaban J connectivity index is 1.97. The average Bonchev–Trinajstić information content (AvgIpc) is 2.81. The van der Waals surface area contributed by atoms with Crippen LogP contribution in [-0.2, 0) is 12.2 Å². The summed E-state index contributed by atoms with van der Waals surface area (Å²) in [5, 5.41) is 0. The number of carbonyl (C=O) groups is 1. The van der Waals surface area contributed by atoms with E-state index in [4.69, 9.17) is 5.73 Å². The van der Waals surface area contributed by atoms with Crippen molar-refractivity contribution in [3.63, 3.8) is 0 Å². The second kappa shape index (κ2) is 5.02. The molecule has 0 aliphatic carbocycles. The zero-order valence-electron chi connectivity index (χ0n) is 10.7. The van der Waals surface area contributed by atoms with E-state index in [1.54, 1.807) is 17.4 Å². The first-order chi connectivity index (χ1) is 9.15. The van der Waals surface area contributed by atoms with Gasteiger partial charge in [-0.1, -0.05) is 0 Å². The Kier molecular flexibility index (Phi) is 3.37. The molecule has 0 bridgehead atoms. The van der Waals surface area contributed by atoms with Crippen molar-refractivity contribution >= 4 is 34.6 Å². The molecular formula is C15H15NOS2. The average molecular weight is 289 g/mol. The van der Waals surface area contributed by atoms with Crippen molar-refractivity contribution in [1.29, 1.82) is 0 Å². The summed E-state index contributed by atoms with van der Waals surface area (Å²) in [4.78, 5) is 14.8. The third-order valence-electron chi connectivity index (χ3n) is 3.35. The molecule has 2 aromatic rings. The van der Waals surface area contributed by atoms with E-state index < -0.39 is 0 Å². The van der Waals surface area contributed by atoms with Crippen molar-refractivity contribution in [2.75, 3.05) is 11.5 Å². The summed E-state index contributed by atoms with van der Waals surface area (Å²) in [6, 6.07) is 7.56. The lowest BCUT2D eigenvalue weighted by Crippen LogP contribution is -2.02. The zero-order valence-corrected chi connectivity index (χ0v) is 12.4. The highest BCUT2D eigenvalue weighted by molar-refractivity contribution is 7.98. The molecule has 0 unspecified atom stereocenters. The van der Waals surface area contributed by atoms with Gasteiger partial charge in [-0.25, -0.2) is 0 Å². The van der Waals surface area contributed by atoms with Gasteiger partial charge >= 0.3 is 0 Å². The van der Waals surface area contributed by atoms with Crippen molar-refractivity contribution < 1.29 is 4.79 Å². The number of anilines is 1. The van der Waals surface area contributed by atoms with Crippen molar-refractivity contribution in [1.82, 2.24) is 0 Å². The molecule has 2 N–H and O–H groups in total. The van der Waals surface area contributed by atoms with E-state index in [0.29, 0.717) is 5.69 Å². The molecule has 2 nitrogen and oxygen atoms in total. The number of hydrogen-bond acceptors (Lipinski definition) is 4. The number of aryl methyl sites for hydroxylation is 2. The number of ketones is 1. The van der Waals surface area contributed by atoms with Crippen LogP contribution in [0.4, 0.5) is 5.69 Å². The van der Waals surface area contributed by atoms with Crippen LogP contribution in [0.15, 0.2) is 24.3 Å². The molecule has 0 saturated carbocycles. The van der Waals surface area contributed by atoms with Gasteiger partial charge in [-0.2, -0.15) is 11.8 Å². The molecule has 19 heavy (non-hydrogen) atoms. The Morgan fingerprint density at radius 1 is 1.32 bits per heavy atom. The second-order valence-corrected chi connectivity index (χ2v) is 7.01. The minimum atomic E-state index is 0.127. The molecule has 0 atom stereocenters. The van der Waals surface area contributed by atoms with E-state index >= 15 is 0 Å². The van der Waals surface area contributed by atoms with E-state index in [1.165, 1.54) is 16.2 Å². The van der Waals surface area contributed by atoms with Crippen LogP contribution in [0.1, 0.15) is 31.2 Å². The van der Waals surface area contributed by atoms with Gasteiger partial charge in [0.05, 0.1) is 4.88 Å². The third kappa shape index (κ3) is 2.42. The maximum absolute atomic E-state index is 12.6. The van der Waals surface area contributed by atoms with E-state index in [0.717, 1.165) is 28.2 Å². The summed E-state index contributed by atoms with van der Waals surface area (Å²) < 4.78 is 0. The molecule has 2 heterocycles. The maximum atomic E-state index is 12.6. The second-order valence-electron chi connectivity index (χ2n) is 4.77. The van der Waals surface area contributed by atoms with Gasteiger partial charge < -0.3 is 5.73 Å². The molecule has 0 saturated heterocycles. The number of fused-ring (bicyclic) bond motifs is 1. The number of benzene rings is 1. The topological polar surface area (TPSA) is 43.1 Å². The standard InChI is InChI=1S/C15H15NOS2/c1-9-6-11(16)2-3-12(9)15(17)14-7-10-8-18-5-4-13(10)19-14/h2-3,6-7H,4-5,8,16H2,1H3. The first-order valence-corrected chi connectivity index (χ1v) is 8.22. The minimum Gasteiger partial charge on any atom is -0.399 e. The van der Waals surface area contributed by atoms with Gasteiger partial charge in [-0.05, 0) is 54.5 Å². The van der Waals surface area contributed by atoms with Crippen molar-refractivity contribution in [2.24, 2.45) is 0 Å². The minimum absolute atomic E-state index is 0.127. The predicted molar refractivity (Wildman–Crippen MR) is 83.2 cm³/mol. The molecule has 3 rings (SSSR count). The van der Waals surface area contributed by atoms with Crippen LogP contribution in [0.3, 0.4) is 0 Å². The number of nitrogen functional groups attached to an aromatic ring is 1. The summed E-state index contributed by atoms with van der Waals surface area (Å²) in [6.45, 7) is 1.94.